The van der Waals surface area contributed by atoms with E-state index in [2.05, 4.69) is 15.5 Å². The number of nitrogens with two attached hydrogens (primary N) is 1. The number of aromatic nitrogens is 2. The minimum Gasteiger partial charge on any atom is -0.383 e. The van der Waals surface area contributed by atoms with Crippen LogP contribution in [0.2, 0.25) is 0 Å². The van der Waals surface area contributed by atoms with Crippen molar-refractivity contribution in [2.75, 3.05) is 11.5 Å². The monoisotopic (exact) mass is 374 g/mol. The zero-order valence-corrected chi connectivity index (χ0v) is 15.3. The number of sulfone groups is 1. The van der Waals surface area contributed by atoms with Crippen LogP contribution in [0, 0.1) is 5.92 Å². The molecule has 25 heavy (non-hydrogen) atoms. The number of aliphatic hydroxyl groups excluding tert-OH is 1. The molecule has 2 unspecified atom stereocenters. The zero-order valence-electron chi connectivity index (χ0n) is 14.5. The van der Waals surface area contributed by atoms with E-state index in [4.69, 9.17) is 10.3 Å². The van der Waals surface area contributed by atoms with Crippen LogP contribution in [-0.4, -0.2) is 53.2 Å². The third kappa shape index (κ3) is 5.75. The Morgan fingerprint density at radius 3 is 2.64 bits per heavy atom. The quantitative estimate of drug-likeness (QED) is 0.506. The molecule has 1 aromatic rings. The molecule has 3 atom stereocenters. The van der Waals surface area contributed by atoms with Gasteiger partial charge >= 0.3 is 0 Å². The van der Waals surface area contributed by atoms with Crippen LogP contribution in [0.15, 0.2) is 4.52 Å². The van der Waals surface area contributed by atoms with Gasteiger partial charge in [0.15, 0.2) is 9.84 Å². The van der Waals surface area contributed by atoms with Gasteiger partial charge in [-0.25, -0.2) is 8.42 Å². The van der Waals surface area contributed by atoms with E-state index in [0.717, 1.165) is 12.8 Å². The van der Waals surface area contributed by atoms with Gasteiger partial charge in [0.25, 0.3) is 0 Å². The van der Waals surface area contributed by atoms with Gasteiger partial charge in [-0.05, 0) is 25.2 Å². The van der Waals surface area contributed by atoms with Gasteiger partial charge in [-0.2, -0.15) is 4.98 Å². The van der Waals surface area contributed by atoms with E-state index >= 15 is 0 Å². The lowest BCUT2D eigenvalue weighted by atomic mass is 10.1. The molecule has 2 rings (SSSR count). The molecule has 9 nitrogen and oxygen atoms in total. The van der Waals surface area contributed by atoms with E-state index in [9.17, 15) is 18.3 Å². The molecule has 0 saturated heterocycles. The van der Waals surface area contributed by atoms with Crippen molar-refractivity contribution in [3.05, 3.63) is 11.7 Å². The van der Waals surface area contributed by atoms with Gasteiger partial charge in [-0.15, -0.1) is 0 Å². The number of nitrogens with zero attached hydrogens (tertiary/aromatic N) is 2. The van der Waals surface area contributed by atoms with Crippen molar-refractivity contribution in [1.29, 1.82) is 0 Å². The summed E-state index contributed by atoms with van der Waals surface area (Å²) in [7, 11) is -3.37. The molecule has 1 saturated carbocycles. The predicted octanol–water partition coefficient (Wildman–Crippen LogP) is -0.288. The van der Waals surface area contributed by atoms with Crippen LogP contribution >= 0.6 is 0 Å². The normalized spacial score (nSPS) is 18.6. The van der Waals surface area contributed by atoms with Crippen molar-refractivity contribution in [2.45, 2.75) is 57.7 Å². The molecular weight excluding hydrogens is 348 g/mol. The van der Waals surface area contributed by atoms with Gasteiger partial charge in [0.05, 0.1) is 23.6 Å². The van der Waals surface area contributed by atoms with Crippen molar-refractivity contribution in [3.8, 4) is 0 Å². The molecule has 0 bridgehead atoms. The number of hydrogen-bond donors (Lipinski definition) is 3. The second kappa shape index (κ2) is 8.24. The first-order valence-electron chi connectivity index (χ1n) is 8.52. The average Bonchev–Trinajstić information content (AvgIpc) is 3.22. The van der Waals surface area contributed by atoms with E-state index in [1.807, 2.05) is 6.92 Å². The highest BCUT2D eigenvalue weighted by Crippen LogP contribution is 2.30. The predicted molar refractivity (Wildman–Crippen MR) is 90.2 cm³/mol. The molecular formula is C15H26N4O5S. The lowest BCUT2D eigenvalue weighted by Crippen LogP contribution is -2.50. The van der Waals surface area contributed by atoms with E-state index in [0.29, 0.717) is 18.7 Å². The van der Waals surface area contributed by atoms with Crippen LogP contribution < -0.4 is 11.1 Å². The molecule has 10 heteroatoms. The Kier molecular flexibility index (Phi) is 6.53. The number of hydrogen-bond acceptors (Lipinski definition) is 8. The van der Waals surface area contributed by atoms with E-state index < -0.39 is 39.7 Å². The molecule has 1 amide bonds. The summed E-state index contributed by atoms with van der Waals surface area (Å²) in [5.74, 6) is -0.265. The first-order valence-corrected chi connectivity index (χ1v) is 10.3. The Morgan fingerprint density at radius 2 is 2.12 bits per heavy atom. The van der Waals surface area contributed by atoms with Crippen molar-refractivity contribution in [2.24, 2.45) is 11.7 Å². The molecule has 4 N–H and O–H groups in total. The standard InChI is InChI=1S/C15H26N4O5S/c1-3-11(13(20)14-18-12(4-2)24-19-14)17-15(21)10(16)8-25(22,23)7-9-5-6-9/h9-11,13,20H,3-8,16H2,1-2H3,(H,17,21)/t10?,11-,13?/m0/s1. The Balaban J connectivity index is 1.93. The van der Waals surface area contributed by atoms with Gasteiger partial charge in [0.2, 0.25) is 17.6 Å². The Hall–Kier alpha value is -1.52. The number of amides is 1. The third-order valence-electron chi connectivity index (χ3n) is 4.16. The molecule has 0 spiro atoms. The van der Waals surface area contributed by atoms with Crippen LogP contribution in [-0.2, 0) is 21.1 Å². The smallest absolute Gasteiger partial charge is 0.238 e. The highest BCUT2D eigenvalue weighted by molar-refractivity contribution is 7.91. The fourth-order valence-corrected chi connectivity index (χ4v) is 4.35. The van der Waals surface area contributed by atoms with Crippen molar-refractivity contribution in [3.63, 3.8) is 0 Å². The van der Waals surface area contributed by atoms with Crippen LogP contribution in [0.1, 0.15) is 50.9 Å². The number of carbonyl (C=O) groups is 1. The number of aliphatic hydroxyl groups is 1. The SMILES string of the molecule is CCc1nc(C(O)[C@H](CC)NC(=O)C(N)CS(=O)(=O)CC2CC2)no1. The van der Waals surface area contributed by atoms with Crippen LogP contribution in [0.25, 0.3) is 0 Å². The average molecular weight is 374 g/mol. The maximum atomic E-state index is 12.2. The van der Waals surface area contributed by atoms with E-state index in [1.54, 1.807) is 6.92 Å². The van der Waals surface area contributed by atoms with Crippen LogP contribution in [0.4, 0.5) is 0 Å². The highest BCUT2D eigenvalue weighted by Gasteiger charge is 2.32. The summed E-state index contributed by atoms with van der Waals surface area (Å²) in [6.07, 6.45) is 1.59. The first-order chi connectivity index (χ1) is 11.8. The summed E-state index contributed by atoms with van der Waals surface area (Å²) in [5, 5.41) is 16.6. The van der Waals surface area contributed by atoms with Gasteiger partial charge in [0.1, 0.15) is 6.10 Å². The summed E-state index contributed by atoms with van der Waals surface area (Å²) < 4.78 is 29.0. The van der Waals surface area contributed by atoms with Gasteiger partial charge in [-0.3, -0.25) is 4.79 Å². The number of rotatable bonds is 10. The number of carbonyl (C=O) groups excluding carboxylic acids is 1. The summed E-state index contributed by atoms with van der Waals surface area (Å²) >= 11 is 0. The van der Waals surface area contributed by atoms with Crippen molar-refractivity contribution in [1.82, 2.24) is 15.5 Å². The fraction of sp³-hybridized carbons (Fsp3) is 0.800. The molecule has 142 valence electrons. The maximum absolute atomic E-state index is 12.2. The van der Waals surface area contributed by atoms with Crippen molar-refractivity contribution < 1.29 is 22.8 Å². The van der Waals surface area contributed by atoms with E-state index in [1.165, 1.54) is 0 Å². The first kappa shape index (κ1) is 19.8. The second-order valence-corrected chi connectivity index (χ2v) is 8.65. The minimum absolute atomic E-state index is 0.0798. The van der Waals surface area contributed by atoms with Gasteiger partial charge in [0, 0.05) is 6.42 Å². The molecule has 1 aliphatic carbocycles. The van der Waals surface area contributed by atoms with E-state index in [-0.39, 0.29) is 17.5 Å². The Labute approximate surface area is 147 Å². The molecule has 1 fully saturated rings. The Bertz CT molecular complexity index is 686. The third-order valence-corrected chi connectivity index (χ3v) is 6.00. The van der Waals surface area contributed by atoms with Crippen LogP contribution in [0.3, 0.4) is 0 Å². The summed E-state index contributed by atoms with van der Waals surface area (Å²) in [6.45, 7) is 3.61. The number of nitrogens with one attached hydrogen (secondary N) is 1. The molecule has 1 aromatic heterocycles. The second-order valence-electron chi connectivity index (χ2n) is 6.49. The largest absolute Gasteiger partial charge is 0.383 e. The lowest BCUT2D eigenvalue weighted by Gasteiger charge is -2.22. The minimum atomic E-state index is -3.37. The highest BCUT2D eigenvalue weighted by atomic mass is 32.2. The topological polar surface area (TPSA) is 148 Å². The summed E-state index contributed by atoms with van der Waals surface area (Å²) in [6, 6.07) is -1.87. The Morgan fingerprint density at radius 1 is 1.44 bits per heavy atom. The lowest BCUT2D eigenvalue weighted by molar-refractivity contribution is -0.123. The zero-order chi connectivity index (χ0) is 18.6. The molecule has 0 aliphatic heterocycles. The van der Waals surface area contributed by atoms with Crippen LogP contribution in [0.5, 0.6) is 0 Å². The molecule has 1 aliphatic rings. The molecule has 1 heterocycles. The van der Waals surface area contributed by atoms with Gasteiger partial charge in [-0.1, -0.05) is 19.0 Å². The summed E-state index contributed by atoms with van der Waals surface area (Å²) in [4.78, 5) is 16.3. The van der Waals surface area contributed by atoms with Crippen molar-refractivity contribution >= 4 is 15.7 Å². The fourth-order valence-electron chi connectivity index (χ4n) is 2.47. The molecule has 0 radical (unpaired) electrons. The van der Waals surface area contributed by atoms with Gasteiger partial charge < -0.3 is 20.7 Å². The maximum Gasteiger partial charge on any atom is 0.238 e. The number of aryl methyl sites for hydroxylation is 1. The molecule has 0 aromatic carbocycles. The summed E-state index contributed by atoms with van der Waals surface area (Å²) in [5.41, 5.74) is 5.74.